The normalized spacial score (nSPS) is 21.7. The summed E-state index contributed by atoms with van der Waals surface area (Å²) in [5, 5.41) is 2.63. The Morgan fingerprint density at radius 3 is 1.73 bits per heavy atom. The molecule has 0 saturated heterocycles. The first-order chi connectivity index (χ1) is 12.4. The van der Waals surface area contributed by atoms with E-state index in [0.717, 1.165) is 33.4 Å². The fourth-order valence-corrected chi connectivity index (χ4v) is 16.9. The molecule has 0 spiro atoms. The van der Waals surface area contributed by atoms with Crippen LogP contribution in [-0.4, -0.2) is 20.0 Å². The van der Waals surface area contributed by atoms with Crippen LogP contribution < -0.4 is 0 Å². The standard InChI is InChI=1S/C12H14Si.2C4H8O2.Ti/c1-13(2,11-7-3-4-8-11)12-9-5-6-10-12;2*1-2-3-4(5)6;/h3,5,7,9H,4,6H2,1-2H3;2*2-3H2,1H3,(H,5,6);/q;;;+2/p-2. The van der Waals surface area contributed by atoms with Crippen LogP contribution in [0.1, 0.15) is 52.4 Å². The van der Waals surface area contributed by atoms with Crippen LogP contribution in [-0.2, 0) is 33.6 Å². The number of allylic oxidation sites excluding steroid dienone is 8. The first-order valence-corrected chi connectivity index (χ1v) is 15.5. The SMILES string of the molecule is CCCC(=O)[O][Ti]1([O]C(=O)CCC)[C]2=C(C=CC2)[Si](C)(C)C2=[C]1CC=C2. The summed E-state index contributed by atoms with van der Waals surface area (Å²) in [6, 6.07) is 0. The Morgan fingerprint density at radius 2 is 1.35 bits per heavy atom. The Labute approximate surface area is 161 Å². The van der Waals surface area contributed by atoms with Crippen molar-refractivity contribution in [1.82, 2.24) is 0 Å². The van der Waals surface area contributed by atoms with E-state index in [2.05, 4.69) is 37.4 Å². The Hall–Kier alpha value is -1.17. The fraction of sp³-hybridized carbons (Fsp3) is 0.500. The Morgan fingerprint density at radius 1 is 0.923 bits per heavy atom. The van der Waals surface area contributed by atoms with Gasteiger partial charge in [0, 0.05) is 0 Å². The zero-order valence-electron chi connectivity index (χ0n) is 16.2. The van der Waals surface area contributed by atoms with Gasteiger partial charge in [-0.15, -0.1) is 0 Å². The molecule has 3 aliphatic rings. The van der Waals surface area contributed by atoms with Crippen LogP contribution in [0.25, 0.3) is 0 Å². The van der Waals surface area contributed by atoms with Gasteiger partial charge in [0.25, 0.3) is 0 Å². The van der Waals surface area contributed by atoms with Crippen molar-refractivity contribution in [3.63, 3.8) is 0 Å². The molecule has 26 heavy (non-hydrogen) atoms. The van der Waals surface area contributed by atoms with Crippen molar-refractivity contribution in [2.45, 2.75) is 65.5 Å². The Bertz CT molecular complexity index is 696. The molecular weight excluding hydrogens is 380 g/mol. The molecule has 3 rings (SSSR count). The van der Waals surface area contributed by atoms with Crippen molar-refractivity contribution in [3.8, 4) is 0 Å². The molecular formula is C20H28O4SiTi. The molecule has 0 aromatic carbocycles. The van der Waals surface area contributed by atoms with E-state index in [0.29, 0.717) is 12.8 Å². The third-order valence-corrected chi connectivity index (χ3v) is 15.4. The van der Waals surface area contributed by atoms with Crippen LogP contribution in [0, 0.1) is 0 Å². The number of hydrogen-bond donors (Lipinski definition) is 0. The summed E-state index contributed by atoms with van der Waals surface area (Å²) in [7, 11) is -1.83. The molecule has 0 saturated carbocycles. The second-order valence-electron chi connectivity index (χ2n) is 7.69. The van der Waals surface area contributed by atoms with Crippen molar-refractivity contribution in [1.29, 1.82) is 0 Å². The van der Waals surface area contributed by atoms with Gasteiger partial charge in [0.15, 0.2) is 0 Å². The summed E-state index contributed by atoms with van der Waals surface area (Å²) in [6.07, 6.45) is 12.4. The molecule has 0 atom stereocenters. The Balaban J connectivity index is 2.13. The minimum absolute atomic E-state index is 0.226. The molecule has 0 amide bonds. The monoisotopic (exact) mass is 408 g/mol. The quantitative estimate of drug-likeness (QED) is 0.588. The molecule has 1 heterocycles. The predicted octanol–water partition coefficient (Wildman–Crippen LogP) is 4.89. The molecule has 0 bridgehead atoms. The van der Waals surface area contributed by atoms with Crippen LogP contribution in [0.5, 0.6) is 0 Å². The van der Waals surface area contributed by atoms with Crippen molar-refractivity contribution in [3.05, 3.63) is 42.5 Å². The molecule has 0 radical (unpaired) electrons. The van der Waals surface area contributed by atoms with Crippen LogP contribution >= 0.6 is 0 Å². The predicted molar refractivity (Wildman–Crippen MR) is 101 cm³/mol. The van der Waals surface area contributed by atoms with E-state index in [1.807, 2.05) is 13.8 Å². The fourth-order valence-electron chi connectivity index (χ4n) is 4.23. The average Bonchev–Trinajstić information content (AvgIpc) is 3.24. The second kappa shape index (κ2) is 7.45. The minimum atomic E-state index is -3.93. The molecule has 140 valence electrons. The average molecular weight is 408 g/mol. The Kier molecular flexibility index (Phi) is 5.61. The van der Waals surface area contributed by atoms with Gasteiger partial charge in [-0.3, -0.25) is 0 Å². The van der Waals surface area contributed by atoms with Gasteiger partial charge in [0.2, 0.25) is 0 Å². The molecule has 0 aromatic rings. The zero-order chi connectivity index (χ0) is 18.9. The van der Waals surface area contributed by atoms with Crippen molar-refractivity contribution >= 4 is 20.0 Å². The van der Waals surface area contributed by atoms with Crippen LogP contribution in [0.3, 0.4) is 0 Å². The molecule has 6 heteroatoms. The van der Waals surface area contributed by atoms with E-state index in [4.69, 9.17) is 6.64 Å². The molecule has 2 aliphatic carbocycles. The van der Waals surface area contributed by atoms with Gasteiger partial charge in [0.1, 0.15) is 0 Å². The molecule has 1 aliphatic heterocycles. The van der Waals surface area contributed by atoms with Gasteiger partial charge < -0.3 is 0 Å². The molecule has 0 unspecified atom stereocenters. The number of rotatable bonds is 6. The van der Waals surface area contributed by atoms with Gasteiger partial charge in [-0.05, 0) is 0 Å². The second-order valence-corrected chi connectivity index (χ2v) is 16.5. The number of hydrogen-bond acceptors (Lipinski definition) is 4. The summed E-state index contributed by atoms with van der Waals surface area (Å²) in [5.41, 5.74) is 0. The zero-order valence-corrected chi connectivity index (χ0v) is 18.7. The van der Waals surface area contributed by atoms with Crippen LogP contribution in [0.2, 0.25) is 13.1 Å². The summed E-state index contributed by atoms with van der Waals surface area (Å²) in [5.74, 6) is -0.452. The number of carbonyl (C=O) groups is 2. The van der Waals surface area contributed by atoms with Gasteiger partial charge in [-0.25, -0.2) is 0 Å². The van der Waals surface area contributed by atoms with Gasteiger partial charge in [0.05, 0.1) is 0 Å². The van der Waals surface area contributed by atoms with E-state index in [9.17, 15) is 9.59 Å². The first-order valence-electron chi connectivity index (χ1n) is 9.61. The van der Waals surface area contributed by atoms with Crippen molar-refractivity contribution in [2.24, 2.45) is 0 Å². The summed E-state index contributed by atoms with van der Waals surface area (Å²) < 4.78 is 14.7. The van der Waals surface area contributed by atoms with Crippen molar-refractivity contribution < 1.29 is 33.6 Å². The van der Waals surface area contributed by atoms with E-state index in [-0.39, 0.29) is 11.9 Å². The first kappa shape index (κ1) is 19.6. The van der Waals surface area contributed by atoms with Crippen LogP contribution in [0.15, 0.2) is 42.5 Å². The third kappa shape index (κ3) is 3.14. The number of carbonyl (C=O) groups excluding carboxylic acids is 2. The van der Waals surface area contributed by atoms with Crippen molar-refractivity contribution in [2.75, 3.05) is 0 Å². The van der Waals surface area contributed by atoms with E-state index < -0.39 is 25.4 Å². The topological polar surface area (TPSA) is 52.6 Å². The molecule has 0 fully saturated rings. The maximum absolute atomic E-state index is 12.6. The summed E-state index contributed by atoms with van der Waals surface area (Å²) in [4.78, 5) is 25.1. The summed E-state index contributed by atoms with van der Waals surface area (Å²) >= 11 is -3.93. The maximum atomic E-state index is 12.6. The van der Waals surface area contributed by atoms with Gasteiger partial charge >= 0.3 is 162 Å². The summed E-state index contributed by atoms with van der Waals surface area (Å²) in [6.45, 7) is 8.61. The molecule has 4 nitrogen and oxygen atoms in total. The van der Waals surface area contributed by atoms with E-state index in [1.54, 1.807) is 0 Å². The molecule has 0 aromatic heterocycles. The van der Waals surface area contributed by atoms with E-state index >= 15 is 0 Å². The van der Waals surface area contributed by atoms with E-state index in [1.165, 1.54) is 10.4 Å². The van der Waals surface area contributed by atoms with Crippen LogP contribution in [0.4, 0.5) is 0 Å². The van der Waals surface area contributed by atoms with Gasteiger partial charge in [-0.1, -0.05) is 0 Å². The molecule has 0 N–H and O–H groups in total. The third-order valence-electron chi connectivity index (χ3n) is 5.43. The van der Waals surface area contributed by atoms with Gasteiger partial charge in [-0.2, -0.15) is 0 Å².